The lowest BCUT2D eigenvalue weighted by Crippen LogP contribution is -2.19. The van der Waals surface area contributed by atoms with Crippen LogP contribution < -0.4 is 11.1 Å². The molecule has 2 rings (SSSR count). The van der Waals surface area contributed by atoms with Crippen molar-refractivity contribution in [2.45, 2.75) is 78.1 Å². The van der Waals surface area contributed by atoms with E-state index in [4.69, 9.17) is 5.73 Å². The molecule has 2 amide bonds. The van der Waals surface area contributed by atoms with E-state index in [-0.39, 0.29) is 5.91 Å². The van der Waals surface area contributed by atoms with E-state index in [0.717, 1.165) is 37.7 Å². The van der Waals surface area contributed by atoms with Crippen molar-refractivity contribution in [3.8, 4) is 0 Å². The first kappa shape index (κ1) is 19.0. The van der Waals surface area contributed by atoms with Gasteiger partial charge in [-0.1, -0.05) is 46.0 Å². The van der Waals surface area contributed by atoms with Crippen molar-refractivity contribution in [1.82, 2.24) is 0 Å². The van der Waals surface area contributed by atoms with Crippen LogP contribution in [0.25, 0.3) is 0 Å². The summed E-state index contributed by atoms with van der Waals surface area (Å²) in [4.78, 5) is 25.3. The van der Waals surface area contributed by atoms with E-state index in [1.807, 2.05) is 0 Å². The first-order valence-corrected chi connectivity index (χ1v) is 10.1. The summed E-state index contributed by atoms with van der Waals surface area (Å²) in [5.41, 5.74) is 7.20. The second-order valence-electron chi connectivity index (χ2n) is 6.99. The molecule has 0 saturated heterocycles. The second-order valence-corrected chi connectivity index (χ2v) is 8.09. The Kier molecular flexibility index (Phi) is 7.28. The largest absolute Gasteiger partial charge is 0.365 e. The Hall–Kier alpha value is -1.36. The quantitative estimate of drug-likeness (QED) is 0.636. The molecule has 0 saturated carbocycles. The molecule has 1 aromatic rings. The summed E-state index contributed by atoms with van der Waals surface area (Å²) in [5, 5.41) is 3.61. The number of fused-ring (bicyclic) bond motifs is 1. The number of hydrogen-bond acceptors (Lipinski definition) is 3. The average Bonchev–Trinajstić information content (AvgIpc) is 2.87. The number of carbonyl (C=O) groups is 2. The second kappa shape index (κ2) is 9.21. The highest BCUT2D eigenvalue weighted by atomic mass is 32.1. The van der Waals surface area contributed by atoms with E-state index < -0.39 is 5.91 Å². The Bertz CT molecular complexity index is 580. The van der Waals surface area contributed by atoms with Gasteiger partial charge in [-0.15, -0.1) is 11.3 Å². The summed E-state index contributed by atoms with van der Waals surface area (Å²) in [6.45, 7) is 4.43. The Morgan fingerprint density at radius 3 is 2.62 bits per heavy atom. The minimum absolute atomic E-state index is 0.000336. The van der Waals surface area contributed by atoms with Gasteiger partial charge in [0.15, 0.2) is 0 Å². The zero-order valence-corrected chi connectivity index (χ0v) is 15.8. The van der Waals surface area contributed by atoms with Gasteiger partial charge in [-0.2, -0.15) is 0 Å². The van der Waals surface area contributed by atoms with Gasteiger partial charge in [-0.25, -0.2) is 0 Å². The van der Waals surface area contributed by atoms with Gasteiger partial charge in [-0.3, -0.25) is 9.59 Å². The minimum Gasteiger partial charge on any atom is -0.365 e. The molecule has 1 aliphatic rings. The summed E-state index contributed by atoms with van der Waals surface area (Å²) in [7, 11) is 0. The third kappa shape index (κ3) is 5.07. The molecule has 134 valence electrons. The standard InChI is InChI=1S/C19H30N2O2S/c1-3-4-5-6-7-8-9-16(22)21-19-17(18(20)23)14-11-10-13(2)12-15(14)24-19/h13H,3-12H2,1-2H3,(H2,20,23)(H,21,22). The molecule has 1 aromatic heterocycles. The number of hydrogen-bond donors (Lipinski definition) is 2. The Labute approximate surface area is 149 Å². The highest BCUT2D eigenvalue weighted by molar-refractivity contribution is 7.17. The SMILES string of the molecule is CCCCCCCCC(=O)Nc1sc2c(c1C(N)=O)CCC(C)C2. The van der Waals surface area contributed by atoms with Gasteiger partial charge < -0.3 is 11.1 Å². The van der Waals surface area contributed by atoms with E-state index in [1.165, 1.54) is 41.9 Å². The molecule has 1 unspecified atom stereocenters. The Balaban J connectivity index is 1.92. The lowest BCUT2D eigenvalue weighted by Gasteiger charge is -2.18. The molecule has 0 fully saturated rings. The first-order chi connectivity index (χ1) is 11.5. The maximum absolute atomic E-state index is 12.2. The maximum Gasteiger partial charge on any atom is 0.251 e. The maximum atomic E-state index is 12.2. The minimum atomic E-state index is -0.420. The summed E-state index contributed by atoms with van der Waals surface area (Å²) < 4.78 is 0. The van der Waals surface area contributed by atoms with E-state index in [1.54, 1.807) is 0 Å². The average molecular weight is 351 g/mol. The molecule has 4 nitrogen and oxygen atoms in total. The predicted molar refractivity (Wildman–Crippen MR) is 101 cm³/mol. The smallest absolute Gasteiger partial charge is 0.251 e. The number of nitrogens with two attached hydrogens (primary N) is 1. The van der Waals surface area contributed by atoms with Crippen LogP contribution >= 0.6 is 11.3 Å². The zero-order chi connectivity index (χ0) is 17.5. The van der Waals surface area contributed by atoms with Crippen LogP contribution in [0.3, 0.4) is 0 Å². The fraction of sp³-hybridized carbons (Fsp3) is 0.684. The number of primary amides is 1. The van der Waals surface area contributed by atoms with Crippen LogP contribution in [-0.2, 0) is 17.6 Å². The molecule has 24 heavy (non-hydrogen) atoms. The van der Waals surface area contributed by atoms with Crippen LogP contribution in [0.15, 0.2) is 0 Å². The highest BCUT2D eigenvalue weighted by Crippen LogP contribution is 2.39. The highest BCUT2D eigenvalue weighted by Gasteiger charge is 2.27. The zero-order valence-electron chi connectivity index (χ0n) is 15.0. The van der Waals surface area contributed by atoms with E-state index >= 15 is 0 Å². The van der Waals surface area contributed by atoms with Crippen molar-refractivity contribution >= 4 is 28.2 Å². The van der Waals surface area contributed by atoms with Crippen molar-refractivity contribution in [3.05, 3.63) is 16.0 Å². The number of anilines is 1. The van der Waals surface area contributed by atoms with Gasteiger partial charge >= 0.3 is 0 Å². The van der Waals surface area contributed by atoms with Crippen molar-refractivity contribution in [1.29, 1.82) is 0 Å². The normalized spacial score (nSPS) is 16.7. The Morgan fingerprint density at radius 2 is 1.92 bits per heavy atom. The molecule has 1 aliphatic carbocycles. The van der Waals surface area contributed by atoms with Gasteiger partial charge in [0.25, 0.3) is 5.91 Å². The Morgan fingerprint density at radius 1 is 1.21 bits per heavy atom. The lowest BCUT2D eigenvalue weighted by molar-refractivity contribution is -0.116. The van der Waals surface area contributed by atoms with Crippen molar-refractivity contribution < 1.29 is 9.59 Å². The molecule has 1 heterocycles. The molecule has 0 aromatic carbocycles. The van der Waals surface area contributed by atoms with Gasteiger partial charge in [0.1, 0.15) is 5.00 Å². The summed E-state index contributed by atoms with van der Waals surface area (Å²) >= 11 is 1.54. The molecule has 3 N–H and O–H groups in total. The molecule has 0 spiro atoms. The van der Waals surface area contributed by atoms with Crippen LogP contribution in [0.4, 0.5) is 5.00 Å². The van der Waals surface area contributed by atoms with Gasteiger partial charge in [0.05, 0.1) is 5.56 Å². The van der Waals surface area contributed by atoms with Gasteiger partial charge in [0, 0.05) is 11.3 Å². The summed E-state index contributed by atoms with van der Waals surface area (Å²) in [6, 6.07) is 0. The molecule has 0 bridgehead atoms. The van der Waals surface area contributed by atoms with Crippen LogP contribution in [0.2, 0.25) is 0 Å². The summed E-state index contributed by atoms with van der Waals surface area (Å²) in [5.74, 6) is 0.208. The van der Waals surface area contributed by atoms with Crippen molar-refractivity contribution in [2.75, 3.05) is 5.32 Å². The topological polar surface area (TPSA) is 72.2 Å². The molecular formula is C19H30N2O2S. The van der Waals surface area contributed by atoms with Crippen LogP contribution in [-0.4, -0.2) is 11.8 Å². The third-order valence-corrected chi connectivity index (χ3v) is 5.94. The number of amides is 2. The van der Waals surface area contributed by atoms with Crippen LogP contribution in [0.1, 0.15) is 86.0 Å². The first-order valence-electron chi connectivity index (χ1n) is 9.27. The van der Waals surface area contributed by atoms with E-state index in [9.17, 15) is 9.59 Å². The van der Waals surface area contributed by atoms with E-state index in [2.05, 4.69) is 19.2 Å². The van der Waals surface area contributed by atoms with Crippen molar-refractivity contribution in [2.24, 2.45) is 11.7 Å². The fourth-order valence-corrected chi connectivity index (χ4v) is 4.79. The third-order valence-electron chi connectivity index (χ3n) is 4.77. The number of rotatable bonds is 9. The van der Waals surface area contributed by atoms with E-state index in [0.29, 0.717) is 22.9 Å². The molecular weight excluding hydrogens is 320 g/mol. The van der Waals surface area contributed by atoms with Gasteiger partial charge in [-0.05, 0) is 37.2 Å². The monoisotopic (exact) mass is 350 g/mol. The van der Waals surface area contributed by atoms with Gasteiger partial charge in [0.2, 0.25) is 5.91 Å². The molecule has 5 heteroatoms. The number of thiophene rings is 1. The summed E-state index contributed by atoms with van der Waals surface area (Å²) in [6.07, 6.45) is 10.4. The van der Waals surface area contributed by atoms with Crippen LogP contribution in [0.5, 0.6) is 0 Å². The predicted octanol–water partition coefficient (Wildman–Crippen LogP) is 4.66. The van der Waals surface area contributed by atoms with Crippen LogP contribution in [0, 0.1) is 5.92 Å². The number of unbranched alkanes of at least 4 members (excludes halogenated alkanes) is 5. The lowest BCUT2D eigenvalue weighted by atomic mass is 9.88. The molecule has 1 atom stereocenters. The van der Waals surface area contributed by atoms with Crippen molar-refractivity contribution in [3.63, 3.8) is 0 Å². The molecule has 0 radical (unpaired) electrons. The fourth-order valence-electron chi connectivity index (χ4n) is 3.35. The molecule has 0 aliphatic heterocycles. The number of nitrogens with one attached hydrogen (secondary N) is 1. The number of carbonyl (C=O) groups excluding carboxylic acids is 2.